The summed E-state index contributed by atoms with van der Waals surface area (Å²) in [5, 5.41) is 16.9. The molecule has 1 aliphatic carbocycles. The number of aromatic nitrogens is 3. The number of hydrogen-bond donors (Lipinski definition) is 2. The summed E-state index contributed by atoms with van der Waals surface area (Å²) in [5.41, 5.74) is 2.16. The Hall–Kier alpha value is -3.68. The zero-order valence-electron chi connectivity index (χ0n) is 24.2. The van der Waals surface area contributed by atoms with Crippen LogP contribution in [0.25, 0.3) is 5.69 Å². The van der Waals surface area contributed by atoms with Crippen LogP contribution in [0.2, 0.25) is 0 Å². The molecule has 2 amide bonds. The van der Waals surface area contributed by atoms with E-state index in [4.69, 9.17) is 9.47 Å². The van der Waals surface area contributed by atoms with Crippen LogP contribution in [0.5, 0.6) is 5.75 Å². The summed E-state index contributed by atoms with van der Waals surface area (Å²) in [6, 6.07) is 11.0. The van der Waals surface area contributed by atoms with E-state index in [1.807, 2.05) is 35.7 Å². The molecule has 0 bridgehead atoms. The highest BCUT2D eigenvalue weighted by Crippen LogP contribution is 2.39. The maximum atomic E-state index is 13.5. The van der Waals surface area contributed by atoms with Crippen LogP contribution >= 0.6 is 34.4 Å². The number of methoxy groups -OCH3 is 1. The summed E-state index contributed by atoms with van der Waals surface area (Å²) in [6.07, 6.45) is 4.87. The van der Waals surface area contributed by atoms with Crippen LogP contribution in [0.3, 0.4) is 0 Å². The maximum absolute atomic E-state index is 13.5. The van der Waals surface area contributed by atoms with Crippen LogP contribution in [-0.2, 0) is 28.9 Å². The molecule has 5 rings (SSSR count). The second kappa shape index (κ2) is 14.2. The molecule has 0 unspecified atom stereocenters. The molecule has 0 radical (unpaired) electrons. The summed E-state index contributed by atoms with van der Waals surface area (Å²) in [5.74, 6) is 0.192. The van der Waals surface area contributed by atoms with Crippen LogP contribution < -0.4 is 15.4 Å². The second-order valence-corrected chi connectivity index (χ2v) is 13.2. The number of esters is 1. The van der Waals surface area contributed by atoms with Crippen molar-refractivity contribution in [3.05, 3.63) is 68.5 Å². The van der Waals surface area contributed by atoms with Crippen molar-refractivity contribution in [3.63, 3.8) is 0 Å². The smallest absolute Gasteiger partial charge is 0.341 e. The lowest BCUT2D eigenvalue weighted by Gasteiger charge is -2.16. The van der Waals surface area contributed by atoms with Gasteiger partial charge < -0.3 is 20.1 Å². The average molecular weight is 640 g/mol. The van der Waals surface area contributed by atoms with Gasteiger partial charge in [-0.2, -0.15) is 0 Å². The molecule has 0 aliphatic heterocycles. The number of ether oxygens (including phenoxy) is 2. The van der Waals surface area contributed by atoms with Crippen molar-refractivity contribution in [2.24, 2.45) is 0 Å². The molecule has 0 fully saturated rings. The Morgan fingerprint density at radius 1 is 1.09 bits per heavy atom. The van der Waals surface area contributed by atoms with Crippen molar-refractivity contribution in [1.82, 2.24) is 20.1 Å². The Balaban J connectivity index is 1.39. The number of aryl methyl sites for hydroxylation is 1. The fraction of sp³-hybridized carbons (Fsp3) is 0.367. The van der Waals surface area contributed by atoms with Gasteiger partial charge in [-0.3, -0.25) is 14.2 Å². The van der Waals surface area contributed by atoms with Crippen LogP contribution in [0.1, 0.15) is 69.4 Å². The quantitative estimate of drug-likeness (QED) is 0.118. The highest BCUT2D eigenvalue weighted by molar-refractivity contribution is 8.00. The van der Waals surface area contributed by atoms with Crippen molar-refractivity contribution >= 4 is 57.2 Å². The number of nitrogens with one attached hydrogen (secondary N) is 2. The normalized spacial score (nSPS) is 13.5. The van der Waals surface area contributed by atoms with Crippen LogP contribution in [0.15, 0.2) is 46.9 Å². The number of hydrogen-bond acceptors (Lipinski definition) is 10. The lowest BCUT2D eigenvalue weighted by Crippen LogP contribution is -2.25. The number of carbonyl (C=O) groups excluding carboxylic acids is 3. The Morgan fingerprint density at radius 2 is 1.91 bits per heavy atom. The number of anilines is 1. The van der Waals surface area contributed by atoms with E-state index >= 15 is 0 Å². The molecule has 0 saturated carbocycles. The van der Waals surface area contributed by atoms with Crippen LogP contribution in [-0.4, -0.2) is 51.5 Å². The molecule has 0 spiro atoms. The van der Waals surface area contributed by atoms with Gasteiger partial charge in [-0.05, 0) is 68.7 Å². The number of nitrogens with zero attached hydrogens (tertiary/aromatic N) is 3. The molecule has 10 nitrogen and oxygen atoms in total. The second-order valence-electron chi connectivity index (χ2n) is 9.80. The summed E-state index contributed by atoms with van der Waals surface area (Å²) in [4.78, 5) is 40.9. The van der Waals surface area contributed by atoms with Crippen LogP contribution in [0, 0.1) is 0 Å². The third-order valence-corrected chi connectivity index (χ3v) is 10.1. The number of carbonyl (C=O) groups is 3. The first-order valence-corrected chi connectivity index (χ1v) is 16.7. The molecule has 2 N–H and O–H groups in total. The maximum Gasteiger partial charge on any atom is 0.341 e. The van der Waals surface area contributed by atoms with Crippen molar-refractivity contribution in [2.75, 3.05) is 19.0 Å². The SMILES string of the molecule is CCOC(=O)c1c(NC(=O)[C@H](C)Sc2nnc(CNC(=O)c3cccs3)n2-c2ccccc2OC)sc2c1CCCCC2. The standard InChI is InChI=1S/C30H33N5O5S3/c1-4-40-29(38)25-19-11-6-5-7-14-22(19)43-28(25)32-26(36)18(2)42-30-34-33-24(17-31-27(37)23-15-10-16-41-23)35(30)20-12-8-9-13-21(20)39-3/h8-10,12-13,15-16,18H,4-7,11,14,17H2,1-3H3,(H,31,37)(H,32,36)/t18-/m0/s1. The van der Waals surface area contributed by atoms with Gasteiger partial charge >= 0.3 is 5.97 Å². The predicted octanol–water partition coefficient (Wildman–Crippen LogP) is 5.89. The molecule has 4 aromatic rings. The Kier molecular flexibility index (Phi) is 10.2. The number of thiophene rings is 2. The monoisotopic (exact) mass is 639 g/mol. The van der Waals surface area contributed by atoms with Gasteiger partial charge in [0.15, 0.2) is 11.0 Å². The van der Waals surface area contributed by atoms with Crippen molar-refractivity contribution in [2.45, 2.75) is 62.9 Å². The summed E-state index contributed by atoms with van der Waals surface area (Å²) >= 11 is 4.05. The number of amides is 2. The molecule has 0 saturated heterocycles. The van der Waals surface area contributed by atoms with E-state index in [0.29, 0.717) is 37.9 Å². The van der Waals surface area contributed by atoms with E-state index in [9.17, 15) is 14.4 Å². The minimum absolute atomic E-state index is 0.118. The lowest BCUT2D eigenvalue weighted by atomic mass is 10.1. The lowest BCUT2D eigenvalue weighted by molar-refractivity contribution is -0.115. The zero-order valence-corrected chi connectivity index (χ0v) is 26.6. The van der Waals surface area contributed by atoms with Gasteiger partial charge in [-0.1, -0.05) is 36.4 Å². The number of rotatable bonds is 11. The first-order chi connectivity index (χ1) is 20.9. The molecule has 43 heavy (non-hydrogen) atoms. The topological polar surface area (TPSA) is 124 Å². The van der Waals surface area contributed by atoms with Gasteiger partial charge in [-0.15, -0.1) is 32.9 Å². The Labute approximate surface area is 262 Å². The number of benzene rings is 1. The van der Waals surface area contributed by atoms with Crippen molar-refractivity contribution in [3.8, 4) is 11.4 Å². The van der Waals surface area contributed by atoms with E-state index in [2.05, 4.69) is 20.8 Å². The average Bonchev–Trinajstić information content (AvgIpc) is 3.72. The minimum Gasteiger partial charge on any atom is -0.495 e. The number of para-hydroxylation sites is 2. The van der Waals surface area contributed by atoms with E-state index < -0.39 is 11.2 Å². The molecule has 1 atom stereocenters. The molecule has 1 aromatic carbocycles. The first kappa shape index (κ1) is 30.8. The molecule has 1 aliphatic rings. The van der Waals surface area contributed by atoms with Gasteiger partial charge in [0.05, 0.1) is 41.6 Å². The van der Waals surface area contributed by atoms with Crippen molar-refractivity contribution < 1.29 is 23.9 Å². The molecular weight excluding hydrogens is 607 g/mol. The fourth-order valence-corrected chi connectivity index (χ4v) is 7.68. The first-order valence-electron chi connectivity index (χ1n) is 14.1. The molecule has 226 valence electrons. The Bertz CT molecular complexity index is 1600. The molecular formula is C30H33N5O5S3. The van der Waals surface area contributed by atoms with Gasteiger partial charge in [0.2, 0.25) is 5.91 Å². The van der Waals surface area contributed by atoms with Gasteiger partial charge in [-0.25, -0.2) is 4.79 Å². The van der Waals surface area contributed by atoms with E-state index in [1.54, 1.807) is 31.6 Å². The molecule has 3 aromatic heterocycles. The highest BCUT2D eigenvalue weighted by Gasteiger charge is 2.29. The predicted molar refractivity (Wildman–Crippen MR) is 169 cm³/mol. The van der Waals surface area contributed by atoms with E-state index in [-0.39, 0.29) is 25.0 Å². The number of thioether (sulfide) groups is 1. The third-order valence-electron chi connectivity index (χ3n) is 6.97. The van der Waals surface area contributed by atoms with E-state index in [1.165, 1.54) is 34.4 Å². The van der Waals surface area contributed by atoms with Gasteiger partial charge in [0.1, 0.15) is 10.8 Å². The number of fused-ring (bicyclic) bond motifs is 1. The summed E-state index contributed by atoms with van der Waals surface area (Å²) < 4.78 is 12.8. The highest BCUT2D eigenvalue weighted by atomic mass is 32.2. The molecule has 3 heterocycles. The largest absolute Gasteiger partial charge is 0.495 e. The van der Waals surface area contributed by atoms with Gasteiger partial charge in [0, 0.05) is 4.88 Å². The fourth-order valence-electron chi connectivity index (χ4n) is 4.88. The zero-order chi connectivity index (χ0) is 30.3. The minimum atomic E-state index is -0.594. The van der Waals surface area contributed by atoms with Crippen molar-refractivity contribution in [1.29, 1.82) is 0 Å². The van der Waals surface area contributed by atoms with E-state index in [0.717, 1.165) is 42.5 Å². The Morgan fingerprint density at radius 3 is 2.67 bits per heavy atom. The summed E-state index contributed by atoms with van der Waals surface area (Å²) in [7, 11) is 1.58. The van der Waals surface area contributed by atoms with Crippen LogP contribution in [0.4, 0.5) is 5.00 Å². The third kappa shape index (κ3) is 6.94. The molecule has 13 heteroatoms. The van der Waals surface area contributed by atoms with Gasteiger partial charge in [0.25, 0.3) is 5.91 Å². The summed E-state index contributed by atoms with van der Waals surface area (Å²) in [6.45, 7) is 3.94.